The number of thioether (sulfide) groups is 1. The molecule has 0 aromatic heterocycles. The highest BCUT2D eigenvalue weighted by Gasteiger charge is 2.29. The van der Waals surface area contributed by atoms with Crippen LogP contribution in [0.4, 0.5) is 0 Å². The average molecular weight is 455 g/mol. The van der Waals surface area contributed by atoms with E-state index < -0.39 is 54.5 Å². The number of aliphatic carboxylic acids is 1. The molecule has 1 rings (SSSR count). The summed E-state index contributed by atoms with van der Waals surface area (Å²) in [4.78, 5) is 48.7. The summed E-state index contributed by atoms with van der Waals surface area (Å²) in [5, 5.41) is 25.7. The molecule has 172 valence electrons. The van der Waals surface area contributed by atoms with Crippen molar-refractivity contribution in [2.45, 2.75) is 43.9 Å². The molecule has 0 aliphatic rings. The van der Waals surface area contributed by atoms with Crippen LogP contribution in [0, 0.1) is 0 Å². The monoisotopic (exact) mass is 454 g/mol. The van der Waals surface area contributed by atoms with Gasteiger partial charge in [-0.15, -0.1) is 0 Å². The molecule has 1 aromatic carbocycles. The molecule has 0 fully saturated rings. The number of rotatable bonds is 13. The Morgan fingerprint density at radius 3 is 2.03 bits per heavy atom. The summed E-state index contributed by atoms with van der Waals surface area (Å²) in [6, 6.07) is 4.50. The number of hydrogen-bond donors (Lipinski definition) is 6. The van der Waals surface area contributed by atoms with Crippen LogP contribution in [0.15, 0.2) is 30.3 Å². The van der Waals surface area contributed by atoms with Crippen molar-refractivity contribution in [3.63, 3.8) is 0 Å². The zero-order valence-electron chi connectivity index (χ0n) is 17.5. The van der Waals surface area contributed by atoms with E-state index in [-0.39, 0.29) is 6.42 Å². The third-order valence-corrected chi connectivity index (χ3v) is 5.01. The van der Waals surface area contributed by atoms with Gasteiger partial charge in [0.15, 0.2) is 0 Å². The Hall–Kier alpha value is -2.63. The first-order valence-corrected chi connectivity index (χ1v) is 11.1. The normalized spacial score (nSPS) is 14.6. The largest absolute Gasteiger partial charge is 0.480 e. The van der Waals surface area contributed by atoms with Gasteiger partial charge in [0, 0.05) is 6.42 Å². The second-order valence-corrected chi connectivity index (χ2v) is 7.95. The standard InChI is InChI=1S/C20H30N4O6S/c1-12(21)17(26)22-14(8-9-31-2)18(27)23-15(10-13-6-4-3-5-7-13)19(28)24-16(11-25)20(29)30/h3-7,12,14-16,25H,8-11,21H2,1-2H3,(H,22,26)(H,23,27)(H,24,28)(H,29,30). The van der Waals surface area contributed by atoms with Crippen molar-refractivity contribution in [1.29, 1.82) is 0 Å². The lowest BCUT2D eigenvalue weighted by molar-refractivity contribution is -0.143. The maximum atomic E-state index is 12.9. The van der Waals surface area contributed by atoms with Crippen LogP contribution in [-0.2, 0) is 25.6 Å². The van der Waals surface area contributed by atoms with Crippen LogP contribution in [0.3, 0.4) is 0 Å². The number of nitrogens with two attached hydrogens (primary N) is 1. The quantitative estimate of drug-likeness (QED) is 0.217. The minimum absolute atomic E-state index is 0.0899. The smallest absolute Gasteiger partial charge is 0.328 e. The molecule has 0 radical (unpaired) electrons. The number of carbonyl (C=O) groups is 4. The summed E-state index contributed by atoms with van der Waals surface area (Å²) in [5.74, 6) is -2.67. The third kappa shape index (κ3) is 9.37. The highest BCUT2D eigenvalue weighted by atomic mass is 32.2. The van der Waals surface area contributed by atoms with Crippen LogP contribution in [0.1, 0.15) is 18.9 Å². The molecular weight excluding hydrogens is 424 g/mol. The van der Waals surface area contributed by atoms with E-state index in [0.29, 0.717) is 12.2 Å². The Kier molecular flexibility index (Phi) is 11.6. The van der Waals surface area contributed by atoms with Crippen LogP contribution in [0.25, 0.3) is 0 Å². The van der Waals surface area contributed by atoms with E-state index in [0.717, 1.165) is 5.56 Å². The van der Waals surface area contributed by atoms with Crippen molar-refractivity contribution < 1.29 is 29.4 Å². The van der Waals surface area contributed by atoms with Gasteiger partial charge >= 0.3 is 5.97 Å². The van der Waals surface area contributed by atoms with E-state index in [9.17, 15) is 24.3 Å². The second-order valence-electron chi connectivity index (χ2n) is 6.96. The van der Waals surface area contributed by atoms with Gasteiger partial charge in [0.25, 0.3) is 0 Å². The minimum Gasteiger partial charge on any atom is -0.480 e. The molecule has 1 aromatic rings. The molecule has 0 bridgehead atoms. The summed E-state index contributed by atoms with van der Waals surface area (Å²) < 4.78 is 0. The Labute approximate surface area is 185 Å². The van der Waals surface area contributed by atoms with Crippen molar-refractivity contribution >= 4 is 35.5 Å². The molecule has 0 spiro atoms. The van der Waals surface area contributed by atoms with Gasteiger partial charge in [0.2, 0.25) is 17.7 Å². The first-order chi connectivity index (χ1) is 14.7. The zero-order chi connectivity index (χ0) is 23.4. The fourth-order valence-electron chi connectivity index (χ4n) is 2.60. The van der Waals surface area contributed by atoms with E-state index in [1.807, 2.05) is 6.26 Å². The molecule has 0 saturated heterocycles. The van der Waals surface area contributed by atoms with Gasteiger partial charge < -0.3 is 31.9 Å². The van der Waals surface area contributed by atoms with Crippen molar-refractivity contribution in [1.82, 2.24) is 16.0 Å². The van der Waals surface area contributed by atoms with Crippen molar-refractivity contribution in [3.05, 3.63) is 35.9 Å². The van der Waals surface area contributed by atoms with Gasteiger partial charge in [-0.05, 0) is 30.9 Å². The maximum absolute atomic E-state index is 12.9. The van der Waals surface area contributed by atoms with Gasteiger partial charge in [-0.25, -0.2) is 4.79 Å². The Morgan fingerprint density at radius 2 is 1.52 bits per heavy atom. The number of aliphatic hydroxyl groups excluding tert-OH is 1. The molecule has 0 aliphatic carbocycles. The van der Waals surface area contributed by atoms with Gasteiger partial charge in [-0.3, -0.25) is 14.4 Å². The first-order valence-electron chi connectivity index (χ1n) is 9.72. The van der Waals surface area contributed by atoms with Gasteiger partial charge in [-0.1, -0.05) is 30.3 Å². The van der Waals surface area contributed by atoms with Crippen LogP contribution in [-0.4, -0.2) is 76.7 Å². The second kappa shape index (κ2) is 13.6. The fraction of sp³-hybridized carbons (Fsp3) is 0.500. The molecule has 4 unspecified atom stereocenters. The van der Waals surface area contributed by atoms with Crippen LogP contribution >= 0.6 is 11.8 Å². The Balaban J connectivity index is 3.03. The summed E-state index contributed by atoms with van der Waals surface area (Å²) in [6.07, 6.45) is 2.27. The van der Waals surface area contributed by atoms with E-state index in [4.69, 9.17) is 10.8 Å². The van der Waals surface area contributed by atoms with E-state index in [2.05, 4.69) is 16.0 Å². The Morgan fingerprint density at radius 1 is 0.968 bits per heavy atom. The highest BCUT2D eigenvalue weighted by Crippen LogP contribution is 2.07. The SMILES string of the molecule is CSCCC(NC(=O)C(C)N)C(=O)NC(Cc1ccccc1)C(=O)NC(CO)C(=O)O. The number of carboxylic acid groups (broad SMARTS) is 1. The molecule has 10 nitrogen and oxygen atoms in total. The van der Waals surface area contributed by atoms with Crippen LogP contribution in [0.5, 0.6) is 0 Å². The van der Waals surface area contributed by atoms with Crippen LogP contribution < -0.4 is 21.7 Å². The zero-order valence-corrected chi connectivity index (χ0v) is 18.4. The molecule has 0 heterocycles. The number of nitrogens with one attached hydrogen (secondary N) is 3. The molecule has 31 heavy (non-hydrogen) atoms. The summed E-state index contributed by atoms with van der Waals surface area (Å²) in [7, 11) is 0. The number of amides is 3. The number of hydrogen-bond acceptors (Lipinski definition) is 7. The lowest BCUT2D eigenvalue weighted by atomic mass is 10.0. The minimum atomic E-state index is -1.51. The van der Waals surface area contributed by atoms with Gasteiger partial charge in [0.05, 0.1) is 12.6 Å². The van der Waals surface area contributed by atoms with E-state index >= 15 is 0 Å². The van der Waals surface area contributed by atoms with Crippen molar-refractivity contribution in [2.24, 2.45) is 5.73 Å². The molecular formula is C20H30N4O6S. The van der Waals surface area contributed by atoms with Crippen molar-refractivity contribution in [2.75, 3.05) is 18.6 Å². The number of aliphatic hydroxyl groups is 1. The predicted molar refractivity (Wildman–Crippen MR) is 117 cm³/mol. The first kappa shape index (κ1) is 26.4. The lowest BCUT2D eigenvalue weighted by Gasteiger charge is -2.24. The van der Waals surface area contributed by atoms with Crippen LogP contribution in [0.2, 0.25) is 0 Å². The molecule has 0 saturated carbocycles. The maximum Gasteiger partial charge on any atom is 0.328 e. The van der Waals surface area contributed by atoms with Gasteiger partial charge in [-0.2, -0.15) is 11.8 Å². The highest BCUT2D eigenvalue weighted by molar-refractivity contribution is 7.98. The average Bonchev–Trinajstić information content (AvgIpc) is 2.74. The number of carboxylic acids is 1. The van der Waals surface area contributed by atoms with Gasteiger partial charge in [0.1, 0.15) is 18.1 Å². The molecule has 7 N–H and O–H groups in total. The number of benzene rings is 1. The summed E-state index contributed by atoms with van der Waals surface area (Å²) in [6.45, 7) is 0.694. The third-order valence-electron chi connectivity index (χ3n) is 4.37. The lowest BCUT2D eigenvalue weighted by Crippen LogP contribution is -2.58. The summed E-state index contributed by atoms with van der Waals surface area (Å²) in [5.41, 5.74) is 6.31. The molecule has 11 heteroatoms. The van der Waals surface area contributed by atoms with E-state index in [1.54, 1.807) is 30.3 Å². The molecule has 0 aliphatic heterocycles. The molecule has 4 atom stereocenters. The molecule has 3 amide bonds. The topological polar surface area (TPSA) is 171 Å². The Bertz CT molecular complexity index is 746. The fourth-order valence-corrected chi connectivity index (χ4v) is 3.07. The predicted octanol–water partition coefficient (Wildman–Crippen LogP) is -1.14. The summed E-state index contributed by atoms with van der Waals surface area (Å²) >= 11 is 1.49. The number of carbonyl (C=O) groups excluding carboxylic acids is 3. The van der Waals surface area contributed by atoms with Crippen molar-refractivity contribution in [3.8, 4) is 0 Å². The van der Waals surface area contributed by atoms with E-state index in [1.165, 1.54) is 18.7 Å².